The minimum atomic E-state index is 0.0391. The molecule has 0 aliphatic heterocycles. The second kappa shape index (κ2) is 5.10. The van der Waals surface area contributed by atoms with Crippen LogP contribution in [0.15, 0.2) is 66.7 Å². The molecule has 0 fully saturated rings. The highest BCUT2D eigenvalue weighted by atomic mass is 16.1. The number of carbonyl (C=O) groups excluding carboxylic acids is 1. The number of hydrogen-bond donors (Lipinski definition) is 0. The van der Waals surface area contributed by atoms with Crippen LogP contribution in [0.2, 0.25) is 0 Å². The van der Waals surface area contributed by atoms with Crippen LogP contribution in [-0.2, 0) is 0 Å². The summed E-state index contributed by atoms with van der Waals surface area (Å²) in [6.45, 7) is 3.72. The summed E-state index contributed by atoms with van der Waals surface area (Å²) in [5.41, 5.74) is 4.18. The van der Waals surface area contributed by atoms with E-state index in [1.54, 1.807) is 6.92 Å². The Bertz CT molecular complexity index is 1040. The first-order valence-corrected chi connectivity index (χ1v) is 7.77. The van der Waals surface area contributed by atoms with Crippen molar-refractivity contribution in [2.24, 2.45) is 0 Å². The van der Waals surface area contributed by atoms with Gasteiger partial charge in [-0.05, 0) is 41.0 Å². The van der Waals surface area contributed by atoms with E-state index in [1.165, 1.54) is 5.39 Å². The highest BCUT2D eigenvalue weighted by Gasteiger charge is 2.18. The molecule has 4 aromatic rings. The van der Waals surface area contributed by atoms with Gasteiger partial charge in [0.2, 0.25) is 5.91 Å². The van der Waals surface area contributed by atoms with Crippen molar-refractivity contribution in [3.63, 3.8) is 0 Å². The summed E-state index contributed by atoms with van der Waals surface area (Å²) >= 11 is 0. The van der Waals surface area contributed by atoms with E-state index >= 15 is 0 Å². The zero-order valence-corrected chi connectivity index (χ0v) is 13.2. The highest BCUT2D eigenvalue weighted by molar-refractivity contribution is 6.06. The Hall–Kier alpha value is -2.87. The largest absolute Gasteiger partial charge is 0.280 e. The maximum atomic E-state index is 12.4. The molecule has 1 heterocycles. The quantitative estimate of drug-likeness (QED) is 0.459. The summed E-state index contributed by atoms with van der Waals surface area (Å²) < 4.78 is 1.84. The molecular weight excluding hydrogens is 282 g/mol. The van der Waals surface area contributed by atoms with Crippen LogP contribution in [-0.4, -0.2) is 10.5 Å². The SMILES string of the molecule is CC(=O)n1c(-c2ccccc2)c(C)c2cc3ccccc3cc21. The van der Waals surface area contributed by atoms with Crippen molar-refractivity contribution in [1.29, 1.82) is 0 Å². The fraction of sp³-hybridized carbons (Fsp3) is 0.0952. The molecule has 0 spiro atoms. The molecule has 112 valence electrons. The Balaban J connectivity index is 2.18. The maximum absolute atomic E-state index is 12.4. The molecular formula is C21H17NO. The van der Waals surface area contributed by atoms with Gasteiger partial charge in [0.05, 0.1) is 11.2 Å². The lowest BCUT2D eigenvalue weighted by Gasteiger charge is -2.08. The molecule has 0 atom stereocenters. The Morgan fingerprint density at radius 3 is 2.13 bits per heavy atom. The smallest absolute Gasteiger partial charge is 0.228 e. The molecule has 0 N–H and O–H groups in total. The fourth-order valence-electron chi connectivity index (χ4n) is 3.40. The van der Waals surface area contributed by atoms with Gasteiger partial charge < -0.3 is 0 Å². The molecule has 2 heteroatoms. The van der Waals surface area contributed by atoms with Gasteiger partial charge in [-0.25, -0.2) is 0 Å². The third-order valence-electron chi connectivity index (χ3n) is 4.45. The van der Waals surface area contributed by atoms with Gasteiger partial charge in [0.25, 0.3) is 0 Å². The van der Waals surface area contributed by atoms with E-state index in [0.717, 1.165) is 33.1 Å². The first-order valence-electron chi connectivity index (χ1n) is 7.77. The number of aryl methyl sites for hydroxylation is 1. The topological polar surface area (TPSA) is 22.0 Å². The third-order valence-corrected chi connectivity index (χ3v) is 4.45. The number of rotatable bonds is 1. The number of carbonyl (C=O) groups is 1. The summed E-state index contributed by atoms with van der Waals surface area (Å²) in [6, 6.07) is 22.7. The molecule has 0 amide bonds. The lowest BCUT2D eigenvalue weighted by Crippen LogP contribution is -2.07. The second-order valence-corrected chi connectivity index (χ2v) is 5.91. The lowest BCUT2D eigenvalue weighted by molar-refractivity contribution is 0.0943. The van der Waals surface area contributed by atoms with E-state index in [0.29, 0.717) is 0 Å². The average molecular weight is 299 g/mol. The van der Waals surface area contributed by atoms with E-state index < -0.39 is 0 Å². The summed E-state index contributed by atoms with van der Waals surface area (Å²) in [6.07, 6.45) is 0. The van der Waals surface area contributed by atoms with Crippen molar-refractivity contribution < 1.29 is 4.79 Å². The van der Waals surface area contributed by atoms with Crippen molar-refractivity contribution >= 4 is 27.6 Å². The zero-order valence-electron chi connectivity index (χ0n) is 13.2. The molecule has 0 aliphatic rings. The van der Waals surface area contributed by atoms with Crippen molar-refractivity contribution in [2.45, 2.75) is 13.8 Å². The van der Waals surface area contributed by atoms with Crippen molar-refractivity contribution in [2.75, 3.05) is 0 Å². The molecule has 0 saturated heterocycles. The van der Waals surface area contributed by atoms with Crippen LogP contribution in [0, 0.1) is 6.92 Å². The van der Waals surface area contributed by atoms with E-state index in [9.17, 15) is 4.79 Å². The summed E-state index contributed by atoms with van der Waals surface area (Å²) in [4.78, 5) is 12.4. The Kier molecular flexibility index (Phi) is 3.05. The van der Waals surface area contributed by atoms with Crippen LogP contribution >= 0.6 is 0 Å². The van der Waals surface area contributed by atoms with Crippen LogP contribution in [0.25, 0.3) is 32.9 Å². The van der Waals surface area contributed by atoms with Crippen molar-refractivity contribution in [3.8, 4) is 11.3 Å². The van der Waals surface area contributed by atoms with Crippen molar-refractivity contribution in [1.82, 2.24) is 4.57 Å². The molecule has 0 bridgehead atoms. The van der Waals surface area contributed by atoms with Crippen molar-refractivity contribution in [3.05, 3.63) is 72.3 Å². The number of fused-ring (bicyclic) bond motifs is 2. The molecule has 0 unspecified atom stereocenters. The van der Waals surface area contributed by atoms with Crippen LogP contribution in [0.4, 0.5) is 0 Å². The first-order chi connectivity index (χ1) is 11.2. The van der Waals surface area contributed by atoms with Crippen LogP contribution in [0.5, 0.6) is 0 Å². The Morgan fingerprint density at radius 2 is 1.48 bits per heavy atom. The number of nitrogens with zero attached hydrogens (tertiary/aromatic N) is 1. The summed E-state index contributed by atoms with van der Waals surface area (Å²) in [5.74, 6) is 0.0391. The lowest BCUT2D eigenvalue weighted by atomic mass is 10.0. The average Bonchev–Trinajstić information content (AvgIpc) is 2.86. The number of hydrogen-bond acceptors (Lipinski definition) is 1. The van der Waals surface area contributed by atoms with Gasteiger partial charge in [0.15, 0.2) is 0 Å². The molecule has 23 heavy (non-hydrogen) atoms. The van der Waals surface area contributed by atoms with Gasteiger partial charge in [-0.3, -0.25) is 9.36 Å². The van der Waals surface area contributed by atoms with Gasteiger partial charge >= 0.3 is 0 Å². The minimum Gasteiger partial charge on any atom is -0.280 e. The van der Waals surface area contributed by atoms with Gasteiger partial charge in [0, 0.05) is 12.3 Å². The van der Waals surface area contributed by atoms with E-state index in [-0.39, 0.29) is 5.91 Å². The standard InChI is InChI=1S/C21H17NO/c1-14-19-12-17-10-6-7-11-18(17)13-20(19)22(15(2)23)21(14)16-8-4-3-5-9-16/h3-13H,1-2H3. The van der Waals surface area contributed by atoms with E-state index in [2.05, 4.69) is 43.3 Å². The first kappa shape index (κ1) is 13.8. The molecule has 0 saturated carbocycles. The molecule has 2 nitrogen and oxygen atoms in total. The minimum absolute atomic E-state index is 0.0391. The predicted molar refractivity (Wildman–Crippen MR) is 95.9 cm³/mol. The van der Waals surface area contributed by atoms with E-state index in [1.807, 2.05) is 34.9 Å². The van der Waals surface area contributed by atoms with Gasteiger partial charge in [0.1, 0.15) is 0 Å². The molecule has 3 aromatic carbocycles. The maximum Gasteiger partial charge on any atom is 0.228 e. The molecule has 4 rings (SSSR count). The Morgan fingerprint density at radius 1 is 0.870 bits per heavy atom. The number of aromatic nitrogens is 1. The third kappa shape index (κ3) is 2.07. The predicted octanol–water partition coefficient (Wildman–Crippen LogP) is 5.43. The number of benzene rings is 3. The highest BCUT2D eigenvalue weighted by Crippen LogP contribution is 2.35. The summed E-state index contributed by atoms with van der Waals surface area (Å²) in [7, 11) is 0. The summed E-state index contributed by atoms with van der Waals surface area (Å²) in [5, 5.41) is 3.49. The monoisotopic (exact) mass is 299 g/mol. The zero-order chi connectivity index (χ0) is 16.0. The normalized spacial score (nSPS) is 11.2. The van der Waals surface area contributed by atoms with Gasteiger partial charge in [-0.1, -0.05) is 54.6 Å². The second-order valence-electron chi connectivity index (χ2n) is 5.91. The van der Waals surface area contributed by atoms with Crippen LogP contribution in [0.1, 0.15) is 17.3 Å². The molecule has 0 aliphatic carbocycles. The van der Waals surface area contributed by atoms with Gasteiger partial charge in [-0.15, -0.1) is 0 Å². The molecule has 1 aromatic heterocycles. The fourth-order valence-corrected chi connectivity index (χ4v) is 3.40. The van der Waals surface area contributed by atoms with Crippen LogP contribution in [0.3, 0.4) is 0 Å². The van der Waals surface area contributed by atoms with Gasteiger partial charge in [-0.2, -0.15) is 0 Å². The Labute approximate surface area is 135 Å². The van der Waals surface area contributed by atoms with E-state index in [4.69, 9.17) is 0 Å². The van der Waals surface area contributed by atoms with Crippen LogP contribution < -0.4 is 0 Å². The molecule has 0 radical (unpaired) electrons.